The highest BCUT2D eigenvalue weighted by Gasteiger charge is 2.39. The maximum absolute atomic E-state index is 12.8. The highest BCUT2D eigenvalue weighted by molar-refractivity contribution is 5.97. The van der Waals surface area contributed by atoms with E-state index in [4.69, 9.17) is 19.0 Å². The van der Waals surface area contributed by atoms with E-state index in [1.165, 1.54) is 6.20 Å². The van der Waals surface area contributed by atoms with Gasteiger partial charge in [-0.2, -0.15) is 5.10 Å². The van der Waals surface area contributed by atoms with Gasteiger partial charge in [0.25, 0.3) is 5.91 Å². The van der Waals surface area contributed by atoms with Crippen LogP contribution in [0.5, 0.6) is 0 Å². The van der Waals surface area contributed by atoms with Gasteiger partial charge in [-0.05, 0) is 31.1 Å². The highest BCUT2D eigenvalue weighted by atomic mass is 16.5. The normalized spacial score (nSPS) is 18.0. The first-order chi connectivity index (χ1) is 14.5. The van der Waals surface area contributed by atoms with Crippen molar-refractivity contribution in [2.45, 2.75) is 52.5 Å². The van der Waals surface area contributed by atoms with Gasteiger partial charge in [0.2, 0.25) is 5.76 Å². The van der Waals surface area contributed by atoms with Crippen molar-refractivity contribution < 1.29 is 23.5 Å². The largest absolute Gasteiger partial charge is 0.460 e. The fourth-order valence-electron chi connectivity index (χ4n) is 4.26. The van der Waals surface area contributed by atoms with Crippen LogP contribution in [-0.2, 0) is 28.9 Å². The number of amides is 1. The predicted molar refractivity (Wildman–Crippen MR) is 106 cm³/mol. The van der Waals surface area contributed by atoms with Crippen molar-refractivity contribution in [3.8, 4) is 0 Å². The Bertz CT molecular complexity index is 926. The Hall–Kier alpha value is -2.68. The monoisotopic (exact) mass is 416 g/mol. The minimum absolute atomic E-state index is 0.0125. The number of hydrogen-bond donors (Lipinski definition) is 1. The molecule has 1 saturated heterocycles. The van der Waals surface area contributed by atoms with E-state index in [9.17, 15) is 9.59 Å². The van der Waals surface area contributed by atoms with Crippen LogP contribution >= 0.6 is 0 Å². The molecule has 4 rings (SSSR count). The molecule has 1 amide bonds. The molecule has 9 nitrogen and oxygen atoms in total. The van der Waals surface area contributed by atoms with E-state index in [0.717, 1.165) is 49.4 Å². The molecule has 2 aliphatic rings. The molecule has 9 heteroatoms. The van der Waals surface area contributed by atoms with Crippen LogP contribution in [0.1, 0.15) is 64.4 Å². The number of nitrogens with one attached hydrogen (secondary N) is 1. The molecule has 4 heterocycles. The molecule has 0 radical (unpaired) electrons. The number of aromatic nitrogens is 3. The second kappa shape index (κ2) is 8.59. The Balaban J connectivity index is 1.46. The summed E-state index contributed by atoms with van der Waals surface area (Å²) in [5, 5.41) is 7.83. The van der Waals surface area contributed by atoms with Crippen molar-refractivity contribution in [1.82, 2.24) is 20.1 Å². The smallest absolute Gasteiger partial charge is 0.375 e. The Morgan fingerprint density at radius 1 is 1.37 bits per heavy atom. The molecule has 1 spiro atoms. The molecule has 2 aliphatic heterocycles. The first-order valence-corrected chi connectivity index (χ1v) is 10.6. The highest BCUT2D eigenvalue weighted by Crippen LogP contribution is 2.37. The summed E-state index contributed by atoms with van der Waals surface area (Å²) in [6.07, 6.45) is 5.30. The molecule has 1 N–H and O–H groups in total. The van der Waals surface area contributed by atoms with Crippen molar-refractivity contribution in [2.24, 2.45) is 5.41 Å². The van der Waals surface area contributed by atoms with Crippen LogP contribution in [0.15, 0.2) is 10.6 Å². The number of fused-ring (bicyclic) bond motifs is 1. The van der Waals surface area contributed by atoms with E-state index in [1.807, 2.05) is 11.6 Å². The van der Waals surface area contributed by atoms with Gasteiger partial charge in [0.1, 0.15) is 0 Å². The molecule has 0 bridgehead atoms. The third-order valence-electron chi connectivity index (χ3n) is 5.98. The van der Waals surface area contributed by atoms with E-state index in [-0.39, 0.29) is 23.7 Å². The van der Waals surface area contributed by atoms with E-state index in [0.29, 0.717) is 31.8 Å². The number of ether oxygens (including phenoxy) is 2. The summed E-state index contributed by atoms with van der Waals surface area (Å²) >= 11 is 0. The minimum atomic E-state index is -0.523. The van der Waals surface area contributed by atoms with Crippen molar-refractivity contribution in [3.05, 3.63) is 34.8 Å². The summed E-state index contributed by atoms with van der Waals surface area (Å²) in [6, 6.07) is 0. The van der Waals surface area contributed by atoms with Crippen LogP contribution < -0.4 is 5.32 Å². The third-order valence-corrected chi connectivity index (χ3v) is 5.98. The molecule has 162 valence electrons. The molecule has 2 aromatic rings. The Labute approximate surface area is 175 Å². The number of aryl methyl sites for hydroxylation is 3. The van der Waals surface area contributed by atoms with Gasteiger partial charge in [-0.25, -0.2) is 9.78 Å². The number of hydrogen-bond acceptors (Lipinski definition) is 7. The SMILES string of the molecule is CCc1nn(CCCOC(=O)c2cnc(C)o2)c2c1C(=O)NCC1(CCOCC1)C2. The molecule has 0 atom stereocenters. The molecule has 0 aliphatic carbocycles. The summed E-state index contributed by atoms with van der Waals surface area (Å²) in [7, 11) is 0. The third kappa shape index (κ3) is 4.12. The Morgan fingerprint density at radius 2 is 2.17 bits per heavy atom. The molecular weight excluding hydrogens is 388 g/mol. The van der Waals surface area contributed by atoms with Gasteiger partial charge < -0.3 is 19.2 Å². The molecule has 2 aromatic heterocycles. The van der Waals surface area contributed by atoms with Crippen molar-refractivity contribution in [3.63, 3.8) is 0 Å². The fourth-order valence-corrected chi connectivity index (χ4v) is 4.26. The van der Waals surface area contributed by atoms with Gasteiger partial charge in [-0.1, -0.05) is 6.92 Å². The lowest BCUT2D eigenvalue weighted by Gasteiger charge is -2.36. The van der Waals surface area contributed by atoms with Gasteiger partial charge in [0, 0.05) is 39.6 Å². The summed E-state index contributed by atoms with van der Waals surface area (Å²) in [5.41, 5.74) is 2.54. The number of carbonyl (C=O) groups excluding carboxylic acids is 2. The van der Waals surface area contributed by atoms with E-state index >= 15 is 0 Å². The number of carbonyl (C=O) groups is 2. The quantitative estimate of drug-likeness (QED) is 0.567. The van der Waals surface area contributed by atoms with Gasteiger partial charge in [-0.15, -0.1) is 0 Å². The Kier molecular flexibility index (Phi) is 5.90. The molecule has 1 fully saturated rings. The first-order valence-electron chi connectivity index (χ1n) is 10.6. The van der Waals surface area contributed by atoms with Gasteiger partial charge in [0.15, 0.2) is 5.89 Å². The van der Waals surface area contributed by atoms with Crippen LogP contribution in [0.25, 0.3) is 0 Å². The first kappa shape index (κ1) is 20.6. The van der Waals surface area contributed by atoms with Crippen molar-refractivity contribution >= 4 is 11.9 Å². The van der Waals surface area contributed by atoms with E-state index in [1.54, 1.807) is 6.92 Å². The zero-order valence-electron chi connectivity index (χ0n) is 17.5. The lowest BCUT2D eigenvalue weighted by Crippen LogP contribution is -2.40. The second-order valence-corrected chi connectivity index (χ2v) is 8.05. The maximum atomic E-state index is 12.8. The zero-order valence-corrected chi connectivity index (χ0v) is 17.5. The molecular formula is C21H28N4O5. The number of oxazole rings is 1. The minimum Gasteiger partial charge on any atom is -0.460 e. The van der Waals surface area contributed by atoms with E-state index < -0.39 is 5.97 Å². The van der Waals surface area contributed by atoms with Crippen molar-refractivity contribution in [2.75, 3.05) is 26.4 Å². The molecule has 0 aromatic carbocycles. The predicted octanol–water partition coefficient (Wildman–Crippen LogP) is 2.07. The summed E-state index contributed by atoms with van der Waals surface area (Å²) in [6.45, 7) is 6.60. The lowest BCUT2D eigenvalue weighted by molar-refractivity contribution is 0.0152. The van der Waals surface area contributed by atoms with Crippen molar-refractivity contribution in [1.29, 1.82) is 0 Å². The topological polar surface area (TPSA) is 108 Å². The summed E-state index contributed by atoms with van der Waals surface area (Å²) in [4.78, 5) is 28.7. The van der Waals surface area contributed by atoms with Gasteiger partial charge >= 0.3 is 5.97 Å². The van der Waals surface area contributed by atoms with Crippen LogP contribution in [0.2, 0.25) is 0 Å². The fraction of sp³-hybridized carbons (Fsp3) is 0.619. The van der Waals surface area contributed by atoms with Crippen LogP contribution in [0.3, 0.4) is 0 Å². The van der Waals surface area contributed by atoms with Gasteiger partial charge in [-0.3, -0.25) is 9.48 Å². The Morgan fingerprint density at radius 3 is 2.87 bits per heavy atom. The van der Waals surface area contributed by atoms with Crippen LogP contribution in [-0.4, -0.2) is 53.0 Å². The standard InChI is InChI=1S/C21H28N4O5/c1-3-15-18-16(11-21(13-23-19(18)26)5-9-28-10-6-21)25(24-15)7-4-8-29-20(27)17-12-22-14(2)30-17/h12H,3-11,13H2,1-2H3,(H,23,26). The summed E-state index contributed by atoms with van der Waals surface area (Å²) < 4.78 is 18.0. The maximum Gasteiger partial charge on any atom is 0.375 e. The van der Waals surface area contributed by atoms with Crippen LogP contribution in [0.4, 0.5) is 0 Å². The molecule has 0 unspecified atom stereocenters. The number of esters is 1. The summed E-state index contributed by atoms with van der Waals surface area (Å²) in [5.74, 6) is -0.0336. The average molecular weight is 416 g/mol. The van der Waals surface area contributed by atoms with Gasteiger partial charge in [0.05, 0.1) is 29.8 Å². The van der Waals surface area contributed by atoms with Crippen LogP contribution in [0, 0.1) is 12.3 Å². The average Bonchev–Trinajstić information content (AvgIpc) is 3.30. The molecule has 30 heavy (non-hydrogen) atoms. The molecule has 0 saturated carbocycles. The number of nitrogens with zero attached hydrogens (tertiary/aromatic N) is 3. The van der Waals surface area contributed by atoms with E-state index in [2.05, 4.69) is 10.3 Å². The second-order valence-electron chi connectivity index (χ2n) is 8.05. The zero-order chi connectivity index (χ0) is 21.1. The number of rotatable bonds is 6. The lowest BCUT2D eigenvalue weighted by atomic mass is 9.76.